The second-order valence-corrected chi connectivity index (χ2v) is 4.97. The molecule has 3 nitrogen and oxygen atoms in total. The molecule has 1 N–H and O–H groups in total. The molecule has 0 saturated carbocycles. The van der Waals surface area contributed by atoms with Crippen LogP contribution in [0.1, 0.15) is 25.8 Å². The third-order valence-corrected chi connectivity index (χ3v) is 3.31. The van der Waals surface area contributed by atoms with E-state index in [0.29, 0.717) is 0 Å². The highest BCUT2D eigenvalue weighted by atomic mass is 19.1. The predicted octanol–water partition coefficient (Wildman–Crippen LogP) is 4.07. The van der Waals surface area contributed by atoms with Gasteiger partial charge < -0.3 is 10.2 Å². The highest BCUT2D eigenvalue weighted by Gasteiger charge is 2.07. The van der Waals surface area contributed by atoms with Crippen LogP contribution in [0.3, 0.4) is 0 Å². The van der Waals surface area contributed by atoms with E-state index in [1.54, 1.807) is 12.1 Å². The van der Waals surface area contributed by atoms with Crippen LogP contribution >= 0.6 is 0 Å². The first kappa shape index (κ1) is 15.3. The van der Waals surface area contributed by atoms with Crippen LogP contribution in [-0.4, -0.2) is 18.1 Å². The average Bonchev–Trinajstić information content (AvgIpc) is 2.51. The van der Waals surface area contributed by atoms with Gasteiger partial charge in [0.15, 0.2) is 0 Å². The summed E-state index contributed by atoms with van der Waals surface area (Å²) in [6, 6.07) is 10.8. The van der Waals surface area contributed by atoms with Crippen LogP contribution in [0.15, 0.2) is 42.6 Å². The molecule has 4 heteroatoms. The number of hydrogen-bond donors (Lipinski definition) is 1. The maximum absolute atomic E-state index is 13.4. The second-order valence-electron chi connectivity index (χ2n) is 4.97. The second kappa shape index (κ2) is 7.62. The largest absolute Gasteiger partial charge is 0.370 e. The van der Waals surface area contributed by atoms with Crippen molar-refractivity contribution in [1.29, 1.82) is 0 Å². The highest BCUT2D eigenvalue weighted by molar-refractivity contribution is 5.48. The molecule has 0 spiro atoms. The Balaban J connectivity index is 2.11. The van der Waals surface area contributed by atoms with E-state index < -0.39 is 0 Å². The lowest BCUT2D eigenvalue weighted by Crippen LogP contribution is -2.22. The van der Waals surface area contributed by atoms with Crippen molar-refractivity contribution in [2.75, 3.05) is 23.3 Å². The summed E-state index contributed by atoms with van der Waals surface area (Å²) in [4.78, 5) is 6.45. The third-order valence-electron chi connectivity index (χ3n) is 3.31. The number of benzene rings is 1. The molecule has 1 aromatic heterocycles. The summed E-state index contributed by atoms with van der Waals surface area (Å²) in [7, 11) is 0. The number of halogens is 1. The molecule has 2 aromatic rings. The molecular formula is C17H22FN3. The topological polar surface area (TPSA) is 28.2 Å². The predicted molar refractivity (Wildman–Crippen MR) is 86.1 cm³/mol. The minimum absolute atomic E-state index is 0.203. The van der Waals surface area contributed by atoms with E-state index in [1.165, 1.54) is 6.07 Å². The van der Waals surface area contributed by atoms with Crippen LogP contribution in [-0.2, 0) is 6.54 Å². The van der Waals surface area contributed by atoms with Crippen molar-refractivity contribution in [3.63, 3.8) is 0 Å². The van der Waals surface area contributed by atoms with Gasteiger partial charge in [-0.3, -0.25) is 0 Å². The molecule has 0 radical (unpaired) electrons. The van der Waals surface area contributed by atoms with Gasteiger partial charge in [-0.25, -0.2) is 9.37 Å². The Bertz CT molecular complexity index is 571. The summed E-state index contributed by atoms with van der Waals surface area (Å²) in [5.41, 5.74) is 2.06. The lowest BCUT2D eigenvalue weighted by molar-refractivity contribution is 0.626. The Morgan fingerprint density at radius 1 is 1.19 bits per heavy atom. The van der Waals surface area contributed by atoms with Gasteiger partial charge in [-0.15, -0.1) is 0 Å². The monoisotopic (exact) mass is 287 g/mol. The van der Waals surface area contributed by atoms with E-state index in [4.69, 9.17) is 0 Å². The maximum atomic E-state index is 13.4. The van der Waals surface area contributed by atoms with Gasteiger partial charge in [0.1, 0.15) is 11.6 Å². The quantitative estimate of drug-likeness (QED) is 0.832. The molecule has 0 atom stereocenters. The zero-order valence-electron chi connectivity index (χ0n) is 12.6. The lowest BCUT2D eigenvalue weighted by atomic mass is 10.2. The fourth-order valence-corrected chi connectivity index (χ4v) is 2.20. The standard InChI is InChI=1S/C17H22FN3/c1-3-9-19-17-11-14(8-10-20-17)13-21(4-2)16-7-5-6-15(18)12-16/h5-8,10-12H,3-4,9,13H2,1-2H3,(H,19,20). The average molecular weight is 287 g/mol. The van der Waals surface area contributed by atoms with Crippen LogP contribution in [0.25, 0.3) is 0 Å². The number of aromatic nitrogens is 1. The van der Waals surface area contributed by atoms with Gasteiger partial charge in [-0.05, 0) is 49.2 Å². The van der Waals surface area contributed by atoms with E-state index in [2.05, 4.69) is 35.1 Å². The molecule has 0 bridgehead atoms. The van der Waals surface area contributed by atoms with E-state index in [-0.39, 0.29) is 5.82 Å². The Morgan fingerprint density at radius 3 is 2.76 bits per heavy atom. The van der Waals surface area contributed by atoms with Crippen molar-refractivity contribution < 1.29 is 4.39 Å². The Morgan fingerprint density at radius 2 is 2.05 bits per heavy atom. The van der Waals surface area contributed by atoms with Gasteiger partial charge in [-0.1, -0.05) is 13.0 Å². The summed E-state index contributed by atoms with van der Waals surface area (Å²) in [6.45, 7) is 6.67. The van der Waals surface area contributed by atoms with E-state index in [9.17, 15) is 4.39 Å². The van der Waals surface area contributed by atoms with Gasteiger partial charge >= 0.3 is 0 Å². The van der Waals surface area contributed by atoms with Crippen LogP contribution in [0.5, 0.6) is 0 Å². The highest BCUT2D eigenvalue weighted by Crippen LogP contribution is 2.19. The zero-order chi connectivity index (χ0) is 15.1. The molecule has 0 fully saturated rings. The Labute approximate surface area is 125 Å². The van der Waals surface area contributed by atoms with Crippen LogP contribution in [0.2, 0.25) is 0 Å². The molecular weight excluding hydrogens is 265 g/mol. The summed E-state index contributed by atoms with van der Waals surface area (Å²) in [5.74, 6) is 0.690. The zero-order valence-corrected chi connectivity index (χ0v) is 12.6. The fraction of sp³-hybridized carbons (Fsp3) is 0.353. The van der Waals surface area contributed by atoms with Crippen molar-refractivity contribution in [2.45, 2.75) is 26.8 Å². The van der Waals surface area contributed by atoms with Crippen LogP contribution in [0, 0.1) is 5.82 Å². The number of pyridine rings is 1. The smallest absolute Gasteiger partial charge is 0.126 e. The first-order chi connectivity index (χ1) is 10.2. The SMILES string of the molecule is CCCNc1cc(CN(CC)c2cccc(F)c2)ccn1. The van der Waals surface area contributed by atoms with Crippen molar-refractivity contribution in [1.82, 2.24) is 4.98 Å². The Hall–Kier alpha value is -2.10. The summed E-state index contributed by atoms with van der Waals surface area (Å²) < 4.78 is 13.4. The van der Waals surface area contributed by atoms with Crippen molar-refractivity contribution in [3.8, 4) is 0 Å². The molecule has 0 saturated heterocycles. The first-order valence-corrected chi connectivity index (χ1v) is 7.42. The van der Waals surface area contributed by atoms with Crippen molar-refractivity contribution in [2.24, 2.45) is 0 Å². The molecule has 0 unspecified atom stereocenters. The third kappa shape index (κ3) is 4.45. The minimum atomic E-state index is -0.203. The summed E-state index contributed by atoms with van der Waals surface area (Å²) >= 11 is 0. The van der Waals surface area contributed by atoms with Gasteiger partial charge in [-0.2, -0.15) is 0 Å². The van der Waals surface area contributed by atoms with Crippen LogP contribution < -0.4 is 10.2 Å². The molecule has 21 heavy (non-hydrogen) atoms. The molecule has 112 valence electrons. The molecule has 1 aromatic carbocycles. The maximum Gasteiger partial charge on any atom is 0.126 e. The van der Waals surface area contributed by atoms with E-state index >= 15 is 0 Å². The van der Waals surface area contributed by atoms with Gasteiger partial charge in [0.05, 0.1) is 0 Å². The Kier molecular flexibility index (Phi) is 5.55. The molecule has 0 aliphatic carbocycles. The molecule has 2 rings (SSSR count). The van der Waals surface area contributed by atoms with Gasteiger partial charge in [0.2, 0.25) is 0 Å². The minimum Gasteiger partial charge on any atom is -0.370 e. The number of nitrogens with zero attached hydrogens (tertiary/aromatic N) is 2. The van der Waals surface area contributed by atoms with Crippen molar-refractivity contribution >= 4 is 11.5 Å². The van der Waals surface area contributed by atoms with Gasteiger partial charge in [0.25, 0.3) is 0 Å². The normalized spacial score (nSPS) is 10.4. The number of hydrogen-bond acceptors (Lipinski definition) is 3. The molecule has 0 aliphatic rings. The first-order valence-electron chi connectivity index (χ1n) is 7.42. The van der Waals surface area contributed by atoms with E-state index in [0.717, 1.165) is 43.1 Å². The molecule has 1 heterocycles. The van der Waals surface area contributed by atoms with Crippen LogP contribution in [0.4, 0.5) is 15.9 Å². The molecule has 0 amide bonds. The lowest BCUT2D eigenvalue weighted by Gasteiger charge is -2.23. The van der Waals surface area contributed by atoms with Gasteiger partial charge in [0, 0.05) is 31.5 Å². The number of rotatable bonds is 7. The fourth-order valence-electron chi connectivity index (χ4n) is 2.20. The summed E-state index contributed by atoms with van der Waals surface area (Å²) in [5, 5.41) is 3.29. The van der Waals surface area contributed by atoms with Crippen molar-refractivity contribution in [3.05, 3.63) is 54.0 Å². The number of nitrogens with one attached hydrogen (secondary N) is 1. The van der Waals surface area contributed by atoms with E-state index in [1.807, 2.05) is 18.3 Å². The summed E-state index contributed by atoms with van der Waals surface area (Å²) in [6.07, 6.45) is 2.88. The number of anilines is 2. The molecule has 0 aliphatic heterocycles.